The summed E-state index contributed by atoms with van der Waals surface area (Å²) in [5.74, 6) is 0.650. The van der Waals surface area contributed by atoms with Crippen molar-refractivity contribution in [2.45, 2.75) is 20.3 Å². The van der Waals surface area contributed by atoms with Crippen molar-refractivity contribution in [1.82, 2.24) is 10.3 Å². The molecule has 1 fully saturated rings. The molecule has 1 aliphatic carbocycles. The summed E-state index contributed by atoms with van der Waals surface area (Å²) >= 11 is 11.4. The van der Waals surface area contributed by atoms with Gasteiger partial charge in [-0.15, -0.1) is 0 Å². The van der Waals surface area contributed by atoms with Crippen molar-refractivity contribution in [2.75, 3.05) is 13.7 Å². The highest BCUT2D eigenvalue weighted by Gasteiger charge is 2.60. The molecule has 0 aliphatic heterocycles. The number of pyridine rings is 1. The van der Waals surface area contributed by atoms with Crippen LogP contribution in [0.4, 0.5) is 0 Å². The van der Waals surface area contributed by atoms with Gasteiger partial charge in [-0.2, -0.15) is 0 Å². The van der Waals surface area contributed by atoms with Gasteiger partial charge in [0.05, 0.1) is 13.0 Å². The number of carbonyl (C=O) groups is 1. The summed E-state index contributed by atoms with van der Waals surface area (Å²) in [6.45, 7) is 4.66. The summed E-state index contributed by atoms with van der Waals surface area (Å²) in [5, 5.41) is 2.97. The van der Waals surface area contributed by atoms with E-state index in [1.165, 1.54) is 0 Å². The maximum Gasteiger partial charge on any atom is 0.224 e. The maximum absolute atomic E-state index is 12.2. The highest BCUT2D eigenvalue weighted by molar-refractivity contribution is 6.55. The Hall–Kier alpha value is -1.26. The van der Waals surface area contributed by atoms with Crippen LogP contribution in [0.25, 0.3) is 0 Å². The van der Waals surface area contributed by atoms with E-state index < -0.39 is 0 Å². The minimum atomic E-state index is -0.0964. The van der Waals surface area contributed by atoms with Crippen LogP contribution in [0.2, 0.25) is 0 Å². The second-order valence-electron chi connectivity index (χ2n) is 6.03. The quantitative estimate of drug-likeness (QED) is 0.862. The SMILES string of the molecule is COc1ccc(CCNC(=O)C2C(C=C(Cl)Cl)C2(C)C)cn1. The van der Waals surface area contributed by atoms with Crippen LogP contribution < -0.4 is 10.1 Å². The van der Waals surface area contributed by atoms with Gasteiger partial charge in [0.2, 0.25) is 11.8 Å². The lowest BCUT2D eigenvalue weighted by atomic mass is 10.1. The molecule has 1 heterocycles. The molecule has 4 nitrogen and oxygen atoms in total. The average Bonchev–Trinajstić information content (AvgIpc) is 2.99. The molecule has 2 atom stereocenters. The molecule has 120 valence electrons. The normalized spacial score (nSPS) is 21.9. The van der Waals surface area contributed by atoms with Crippen molar-refractivity contribution >= 4 is 29.1 Å². The monoisotopic (exact) mass is 342 g/mol. The summed E-state index contributed by atoms with van der Waals surface area (Å²) in [6.07, 6.45) is 4.23. The van der Waals surface area contributed by atoms with E-state index in [0.29, 0.717) is 12.4 Å². The lowest BCUT2D eigenvalue weighted by Crippen LogP contribution is -2.28. The van der Waals surface area contributed by atoms with E-state index in [0.717, 1.165) is 12.0 Å². The number of halogens is 2. The average molecular weight is 343 g/mol. The van der Waals surface area contributed by atoms with E-state index in [4.69, 9.17) is 27.9 Å². The molecule has 0 aromatic carbocycles. The van der Waals surface area contributed by atoms with Gasteiger partial charge < -0.3 is 10.1 Å². The first kappa shape index (κ1) is 17.1. The highest BCUT2D eigenvalue weighted by Crippen LogP contribution is 2.59. The van der Waals surface area contributed by atoms with Gasteiger partial charge in [-0.05, 0) is 29.4 Å². The second kappa shape index (κ2) is 6.88. The molecule has 1 saturated carbocycles. The van der Waals surface area contributed by atoms with Crippen molar-refractivity contribution in [2.24, 2.45) is 17.3 Å². The first-order chi connectivity index (χ1) is 10.4. The molecular formula is C16H20Cl2N2O2. The number of allylic oxidation sites excluding steroid dienone is 1. The van der Waals surface area contributed by atoms with Crippen molar-refractivity contribution in [3.05, 3.63) is 34.5 Å². The number of rotatable bonds is 6. The molecule has 2 unspecified atom stereocenters. The lowest BCUT2D eigenvalue weighted by Gasteiger charge is -2.06. The van der Waals surface area contributed by atoms with Crippen LogP contribution in [-0.2, 0) is 11.2 Å². The number of nitrogens with zero attached hydrogens (tertiary/aromatic N) is 1. The zero-order chi connectivity index (χ0) is 16.3. The number of amides is 1. The summed E-state index contributed by atoms with van der Waals surface area (Å²) in [4.78, 5) is 16.4. The molecule has 0 spiro atoms. The minimum Gasteiger partial charge on any atom is -0.481 e. The number of carbonyl (C=O) groups excluding carboxylic acids is 1. The van der Waals surface area contributed by atoms with Crippen molar-refractivity contribution in [1.29, 1.82) is 0 Å². The number of hydrogen-bond donors (Lipinski definition) is 1. The number of nitrogens with one attached hydrogen (secondary N) is 1. The third-order valence-electron chi connectivity index (χ3n) is 4.22. The highest BCUT2D eigenvalue weighted by atomic mass is 35.5. The van der Waals surface area contributed by atoms with Crippen molar-refractivity contribution in [3.63, 3.8) is 0 Å². The molecule has 22 heavy (non-hydrogen) atoms. The van der Waals surface area contributed by atoms with Crippen LogP contribution in [0.15, 0.2) is 28.9 Å². The van der Waals surface area contributed by atoms with E-state index in [1.807, 2.05) is 26.0 Å². The molecule has 0 radical (unpaired) electrons. The predicted octanol–water partition coefficient (Wildman–Crippen LogP) is 3.34. The second-order valence-corrected chi connectivity index (χ2v) is 7.04. The van der Waals surface area contributed by atoms with Crippen LogP contribution >= 0.6 is 23.2 Å². The zero-order valence-electron chi connectivity index (χ0n) is 12.9. The fourth-order valence-corrected chi connectivity index (χ4v) is 3.02. The Bertz CT molecular complexity index is 566. The topological polar surface area (TPSA) is 51.2 Å². The largest absolute Gasteiger partial charge is 0.481 e. The fourth-order valence-electron chi connectivity index (χ4n) is 2.74. The summed E-state index contributed by atoms with van der Waals surface area (Å²) in [5.41, 5.74) is 0.956. The van der Waals surface area contributed by atoms with E-state index in [-0.39, 0.29) is 27.6 Å². The van der Waals surface area contributed by atoms with E-state index >= 15 is 0 Å². The zero-order valence-corrected chi connectivity index (χ0v) is 14.4. The Labute approximate surface area is 140 Å². The third kappa shape index (κ3) is 3.93. The van der Waals surface area contributed by atoms with E-state index in [2.05, 4.69) is 10.3 Å². The standard InChI is InChI=1S/C16H20Cl2N2O2/c1-16(2)11(8-12(17)18)14(16)15(21)19-7-6-10-4-5-13(22-3)20-9-10/h4-5,8-9,11,14H,6-7H2,1-3H3,(H,19,21). The number of methoxy groups -OCH3 is 1. The van der Waals surface area contributed by atoms with Crippen molar-refractivity contribution < 1.29 is 9.53 Å². The van der Waals surface area contributed by atoms with Crippen LogP contribution in [0, 0.1) is 17.3 Å². The molecule has 0 saturated heterocycles. The Balaban J connectivity index is 1.82. The molecule has 1 aliphatic rings. The molecule has 1 aromatic rings. The molecular weight excluding hydrogens is 323 g/mol. The summed E-state index contributed by atoms with van der Waals surface area (Å²) < 4.78 is 5.23. The Morgan fingerprint density at radius 2 is 2.18 bits per heavy atom. The van der Waals surface area contributed by atoms with Gasteiger partial charge in [0.15, 0.2) is 0 Å². The maximum atomic E-state index is 12.2. The molecule has 1 aromatic heterocycles. The van der Waals surface area contributed by atoms with Gasteiger partial charge in [-0.3, -0.25) is 4.79 Å². The summed E-state index contributed by atoms with van der Waals surface area (Å²) in [6, 6.07) is 3.75. The Morgan fingerprint density at radius 3 is 2.73 bits per heavy atom. The Kier molecular flexibility index (Phi) is 5.35. The van der Waals surface area contributed by atoms with Crippen LogP contribution in [-0.4, -0.2) is 24.5 Å². The van der Waals surface area contributed by atoms with Gasteiger partial charge in [0, 0.05) is 18.8 Å². The van der Waals surface area contributed by atoms with Gasteiger partial charge in [-0.1, -0.05) is 43.1 Å². The van der Waals surface area contributed by atoms with Gasteiger partial charge in [0.25, 0.3) is 0 Å². The van der Waals surface area contributed by atoms with E-state index in [9.17, 15) is 4.79 Å². The molecule has 6 heteroatoms. The summed E-state index contributed by atoms with van der Waals surface area (Å²) in [7, 11) is 1.58. The van der Waals surface area contributed by atoms with Gasteiger partial charge in [-0.25, -0.2) is 4.98 Å². The molecule has 1 N–H and O–H groups in total. The first-order valence-electron chi connectivity index (χ1n) is 7.15. The Morgan fingerprint density at radius 1 is 1.45 bits per heavy atom. The lowest BCUT2D eigenvalue weighted by molar-refractivity contribution is -0.123. The minimum absolute atomic E-state index is 0.0438. The fraction of sp³-hybridized carbons (Fsp3) is 0.500. The van der Waals surface area contributed by atoms with Crippen LogP contribution in [0.5, 0.6) is 5.88 Å². The first-order valence-corrected chi connectivity index (χ1v) is 7.91. The number of hydrogen-bond acceptors (Lipinski definition) is 3. The predicted molar refractivity (Wildman–Crippen MR) is 88.1 cm³/mol. The molecule has 0 bridgehead atoms. The smallest absolute Gasteiger partial charge is 0.224 e. The number of aromatic nitrogens is 1. The van der Waals surface area contributed by atoms with Gasteiger partial charge in [0.1, 0.15) is 4.49 Å². The molecule has 1 amide bonds. The van der Waals surface area contributed by atoms with Gasteiger partial charge >= 0.3 is 0 Å². The molecule has 2 rings (SSSR count). The number of ether oxygens (including phenoxy) is 1. The third-order valence-corrected chi connectivity index (χ3v) is 4.47. The van der Waals surface area contributed by atoms with E-state index in [1.54, 1.807) is 19.4 Å². The van der Waals surface area contributed by atoms with Crippen LogP contribution in [0.3, 0.4) is 0 Å². The van der Waals surface area contributed by atoms with Crippen molar-refractivity contribution in [3.8, 4) is 5.88 Å². The van der Waals surface area contributed by atoms with Crippen LogP contribution in [0.1, 0.15) is 19.4 Å².